The summed E-state index contributed by atoms with van der Waals surface area (Å²) >= 11 is 0. The number of hydrogen-bond donors (Lipinski definition) is 0. The number of hydrogen-bond acceptors (Lipinski definition) is 3. The summed E-state index contributed by atoms with van der Waals surface area (Å²) in [6.45, 7) is 4.81. The Bertz CT molecular complexity index is 109. The molecule has 3 heteroatoms. The predicted octanol–water partition coefficient (Wildman–Crippen LogP) is 0.352. The molecule has 0 spiro atoms. The first-order chi connectivity index (χ1) is 5.22. The molecule has 0 N–H and O–H groups in total. The average Bonchev–Trinajstić information content (AvgIpc) is 1.85. The van der Waals surface area contributed by atoms with Crippen LogP contribution in [0.1, 0.15) is 6.92 Å². The van der Waals surface area contributed by atoms with Crippen LogP contribution < -0.4 is 0 Å². The van der Waals surface area contributed by atoms with E-state index in [1.54, 1.807) is 7.11 Å². The van der Waals surface area contributed by atoms with Crippen LogP contribution >= 0.6 is 0 Å². The Morgan fingerprint density at radius 2 is 2.27 bits per heavy atom. The monoisotopic (exact) mass is 159 g/mol. The molecule has 1 fully saturated rings. The van der Waals surface area contributed by atoms with Gasteiger partial charge >= 0.3 is 0 Å². The van der Waals surface area contributed by atoms with Gasteiger partial charge in [-0.25, -0.2) is 0 Å². The Labute approximate surface area is 68.3 Å². The number of ether oxygens (including phenoxy) is 2. The number of methoxy groups -OCH3 is 1. The van der Waals surface area contributed by atoms with E-state index in [9.17, 15) is 0 Å². The van der Waals surface area contributed by atoms with E-state index in [0.29, 0.717) is 12.7 Å². The molecular formula is C8H17NO2. The van der Waals surface area contributed by atoms with Crippen molar-refractivity contribution in [1.29, 1.82) is 0 Å². The summed E-state index contributed by atoms with van der Waals surface area (Å²) in [5.74, 6) is 0. The topological polar surface area (TPSA) is 21.7 Å². The fourth-order valence-electron chi connectivity index (χ4n) is 1.55. The van der Waals surface area contributed by atoms with E-state index in [0.717, 1.165) is 13.1 Å². The second-order valence-corrected chi connectivity index (χ2v) is 3.25. The molecule has 1 heterocycles. The van der Waals surface area contributed by atoms with Crippen LogP contribution in [0.4, 0.5) is 0 Å². The minimum absolute atomic E-state index is 0.258. The molecule has 0 bridgehead atoms. The van der Waals surface area contributed by atoms with E-state index in [-0.39, 0.29) is 6.10 Å². The number of morpholine rings is 1. The highest BCUT2D eigenvalue weighted by Crippen LogP contribution is 2.08. The lowest BCUT2D eigenvalue weighted by atomic mass is 10.2. The minimum Gasteiger partial charge on any atom is -0.382 e. The third-order valence-electron chi connectivity index (χ3n) is 1.86. The summed E-state index contributed by atoms with van der Waals surface area (Å²) in [4.78, 5) is 2.28. The van der Waals surface area contributed by atoms with E-state index < -0.39 is 0 Å². The molecule has 0 aliphatic carbocycles. The van der Waals surface area contributed by atoms with Crippen LogP contribution in [0.25, 0.3) is 0 Å². The van der Waals surface area contributed by atoms with Crippen LogP contribution in [-0.4, -0.2) is 51.0 Å². The number of likely N-dealkylation sites (N-methyl/N-ethyl adjacent to an activating group) is 1. The highest BCUT2D eigenvalue weighted by atomic mass is 16.5. The first-order valence-electron chi connectivity index (χ1n) is 4.05. The molecule has 1 aliphatic rings. The molecule has 3 nitrogen and oxygen atoms in total. The standard InChI is InChI=1S/C8H17NO2/c1-7-4-9(2)5-8(11-7)6-10-3/h7-8H,4-6H2,1-3H3. The Balaban J connectivity index is 2.30. The maximum absolute atomic E-state index is 5.63. The fourth-order valence-corrected chi connectivity index (χ4v) is 1.55. The van der Waals surface area contributed by atoms with Crippen molar-refractivity contribution in [2.24, 2.45) is 0 Å². The van der Waals surface area contributed by atoms with Gasteiger partial charge in [0.15, 0.2) is 0 Å². The molecule has 0 amide bonds. The Hall–Kier alpha value is -0.120. The molecule has 1 saturated heterocycles. The Morgan fingerprint density at radius 3 is 2.82 bits per heavy atom. The third kappa shape index (κ3) is 2.77. The highest BCUT2D eigenvalue weighted by molar-refractivity contribution is 4.72. The van der Waals surface area contributed by atoms with Crippen LogP contribution in [-0.2, 0) is 9.47 Å². The zero-order valence-electron chi connectivity index (χ0n) is 7.54. The fraction of sp³-hybridized carbons (Fsp3) is 1.00. The third-order valence-corrected chi connectivity index (χ3v) is 1.86. The van der Waals surface area contributed by atoms with E-state index in [4.69, 9.17) is 9.47 Å². The average molecular weight is 159 g/mol. The molecule has 0 aromatic heterocycles. The zero-order valence-corrected chi connectivity index (χ0v) is 7.54. The molecule has 2 atom stereocenters. The van der Waals surface area contributed by atoms with Crippen molar-refractivity contribution in [2.45, 2.75) is 19.1 Å². The molecule has 11 heavy (non-hydrogen) atoms. The van der Waals surface area contributed by atoms with Gasteiger partial charge in [0.05, 0.1) is 18.8 Å². The van der Waals surface area contributed by atoms with Crippen molar-refractivity contribution in [1.82, 2.24) is 4.90 Å². The van der Waals surface area contributed by atoms with E-state index in [1.165, 1.54) is 0 Å². The normalized spacial score (nSPS) is 34.1. The summed E-state index contributed by atoms with van der Waals surface area (Å²) in [7, 11) is 3.82. The first-order valence-corrected chi connectivity index (χ1v) is 4.05. The van der Waals surface area contributed by atoms with Gasteiger partial charge in [0, 0.05) is 20.2 Å². The van der Waals surface area contributed by atoms with Crippen molar-refractivity contribution < 1.29 is 9.47 Å². The smallest absolute Gasteiger partial charge is 0.0938 e. The SMILES string of the molecule is COCC1CN(C)CC(C)O1. The lowest BCUT2D eigenvalue weighted by molar-refractivity contribution is -0.0948. The van der Waals surface area contributed by atoms with Crippen LogP contribution in [0.15, 0.2) is 0 Å². The van der Waals surface area contributed by atoms with Gasteiger partial charge in [-0.2, -0.15) is 0 Å². The van der Waals surface area contributed by atoms with Gasteiger partial charge in [0.2, 0.25) is 0 Å². The molecule has 1 rings (SSSR count). The van der Waals surface area contributed by atoms with Crippen LogP contribution in [0, 0.1) is 0 Å². The maximum Gasteiger partial charge on any atom is 0.0938 e. The molecular weight excluding hydrogens is 142 g/mol. The number of nitrogens with zero attached hydrogens (tertiary/aromatic N) is 1. The van der Waals surface area contributed by atoms with Crippen molar-refractivity contribution in [3.63, 3.8) is 0 Å². The van der Waals surface area contributed by atoms with Crippen molar-refractivity contribution in [2.75, 3.05) is 33.9 Å². The summed E-state index contributed by atoms with van der Waals surface area (Å²) in [5.41, 5.74) is 0. The summed E-state index contributed by atoms with van der Waals surface area (Å²) in [5, 5.41) is 0. The molecule has 0 aromatic carbocycles. The highest BCUT2D eigenvalue weighted by Gasteiger charge is 2.22. The van der Waals surface area contributed by atoms with Gasteiger partial charge < -0.3 is 14.4 Å². The van der Waals surface area contributed by atoms with Crippen LogP contribution in [0.2, 0.25) is 0 Å². The van der Waals surface area contributed by atoms with Gasteiger partial charge in [0.1, 0.15) is 0 Å². The van der Waals surface area contributed by atoms with Crippen molar-refractivity contribution in [3.05, 3.63) is 0 Å². The maximum atomic E-state index is 5.63. The molecule has 0 radical (unpaired) electrons. The molecule has 1 aliphatic heterocycles. The summed E-state index contributed by atoms with van der Waals surface area (Å²) in [6, 6.07) is 0. The van der Waals surface area contributed by atoms with E-state index in [2.05, 4.69) is 18.9 Å². The van der Waals surface area contributed by atoms with Gasteiger partial charge in [-0.1, -0.05) is 0 Å². The van der Waals surface area contributed by atoms with Crippen LogP contribution in [0.3, 0.4) is 0 Å². The Kier molecular flexibility index (Phi) is 3.30. The molecule has 66 valence electrons. The molecule has 2 unspecified atom stereocenters. The van der Waals surface area contributed by atoms with Crippen molar-refractivity contribution >= 4 is 0 Å². The van der Waals surface area contributed by atoms with Crippen LogP contribution in [0.5, 0.6) is 0 Å². The quantitative estimate of drug-likeness (QED) is 0.580. The summed E-state index contributed by atoms with van der Waals surface area (Å²) < 4.78 is 10.7. The van der Waals surface area contributed by atoms with Gasteiger partial charge in [0.25, 0.3) is 0 Å². The Morgan fingerprint density at radius 1 is 1.55 bits per heavy atom. The minimum atomic E-state index is 0.258. The largest absolute Gasteiger partial charge is 0.382 e. The lowest BCUT2D eigenvalue weighted by Crippen LogP contribution is -2.46. The van der Waals surface area contributed by atoms with E-state index >= 15 is 0 Å². The molecule has 0 saturated carbocycles. The second-order valence-electron chi connectivity index (χ2n) is 3.25. The number of rotatable bonds is 2. The summed E-state index contributed by atoms with van der Waals surface area (Å²) in [6.07, 6.45) is 0.600. The second kappa shape index (κ2) is 4.04. The van der Waals surface area contributed by atoms with Gasteiger partial charge in [-0.15, -0.1) is 0 Å². The lowest BCUT2D eigenvalue weighted by Gasteiger charge is -2.34. The first kappa shape index (κ1) is 8.97. The van der Waals surface area contributed by atoms with E-state index in [1.807, 2.05) is 0 Å². The predicted molar refractivity (Wildman–Crippen MR) is 43.7 cm³/mol. The van der Waals surface area contributed by atoms with Gasteiger partial charge in [-0.05, 0) is 14.0 Å². The zero-order chi connectivity index (χ0) is 8.27. The van der Waals surface area contributed by atoms with Crippen molar-refractivity contribution in [3.8, 4) is 0 Å². The molecule has 0 aromatic rings. The van der Waals surface area contributed by atoms with Gasteiger partial charge in [-0.3, -0.25) is 0 Å².